The van der Waals surface area contributed by atoms with Crippen LogP contribution in [0.5, 0.6) is 0 Å². The normalized spacial score (nSPS) is 12.6. The molecule has 0 aliphatic carbocycles. The number of benzene rings is 2. The Kier molecular flexibility index (Phi) is 5.27. The standard InChI is InChI=1S/C23H25NO4/c1-14-11-17(15(2)24-22(26)28-23(3,4)5)21-18(12-14)19(25)13-20(27-21)16-9-7-6-8-10-16/h6-13,15H,1-5H3,(H,24,26)/t15-/m1/s1. The number of amides is 1. The minimum Gasteiger partial charge on any atom is -0.455 e. The molecule has 1 heterocycles. The summed E-state index contributed by atoms with van der Waals surface area (Å²) in [4.78, 5) is 24.9. The number of fused-ring (bicyclic) bond motifs is 1. The van der Waals surface area contributed by atoms with Crippen molar-refractivity contribution in [2.75, 3.05) is 0 Å². The van der Waals surface area contributed by atoms with Gasteiger partial charge in [0.15, 0.2) is 5.43 Å². The first kappa shape index (κ1) is 19.7. The predicted octanol–water partition coefficient (Wildman–Crippen LogP) is 5.35. The maximum Gasteiger partial charge on any atom is 0.408 e. The van der Waals surface area contributed by atoms with Crippen LogP contribution < -0.4 is 10.7 Å². The van der Waals surface area contributed by atoms with E-state index in [1.54, 1.807) is 6.07 Å². The molecule has 1 N–H and O–H groups in total. The van der Waals surface area contributed by atoms with E-state index in [2.05, 4.69) is 5.32 Å². The minimum atomic E-state index is -0.592. The van der Waals surface area contributed by atoms with Gasteiger partial charge in [-0.1, -0.05) is 36.4 Å². The van der Waals surface area contributed by atoms with Crippen LogP contribution in [0, 0.1) is 6.92 Å². The Morgan fingerprint density at radius 2 is 1.79 bits per heavy atom. The van der Waals surface area contributed by atoms with Crippen LogP contribution in [0.3, 0.4) is 0 Å². The van der Waals surface area contributed by atoms with Crippen molar-refractivity contribution in [1.29, 1.82) is 0 Å². The van der Waals surface area contributed by atoms with Gasteiger partial charge in [0.2, 0.25) is 0 Å². The molecule has 5 nitrogen and oxygen atoms in total. The molecule has 1 atom stereocenters. The van der Waals surface area contributed by atoms with Crippen LogP contribution in [-0.4, -0.2) is 11.7 Å². The molecule has 0 aliphatic rings. The van der Waals surface area contributed by atoms with Gasteiger partial charge in [-0.25, -0.2) is 4.79 Å². The van der Waals surface area contributed by atoms with E-state index < -0.39 is 17.7 Å². The summed E-state index contributed by atoms with van der Waals surface area (Å²) in [5.41, 5.74) is 2.23. The zero-order valence-corrected chi connectivity index (χ0v) is 16.8. The van der Waals surface area contributed by atoms with Gasteiger partial charge in [-0.15, -0.1) is 0 Å². The monoisotopic (exact) mass is 379 g/mol. The molecular formula is C23H25NO4. The van der Waals surface area contributed by atoms with E-state index >= 15 is 0 Å². The molecule has 5 heteroatoms. The van der Waals surface area contributed by atoms with Crippen molar-refractivity contribution in [2.24, 2.45) is 0 Å². The molecule has 3 rings (SSSR count). The Bertz CT molecular complexity index is 1060. The highest BCUT2D eigenvalue weighted by Gasteiger charge is 2.21. The van der Waals surface area contributed by atoms with Crippen LogP contribution in [0.25, 0.3) is 22.3 Å². The fourth-order valence-corrected chi connectivity index (χ4v) is 3.06. The highest BCUT2D eigenvalue weighted by molar-refractivity contribution is 5.83. The van der Waals surface area contributed by atoms with E-state index in [9.17, 15) is 9.59 Å². The van der Waals surface area contributed by atoms with E-state index in [-0.39, 0.29) is 5.43 Å². The van der Waals surface area contributed by atoms with Crippen LogP contribution in [-0.2, 0) is 4.74 Å². The summed E-state index contributed by atoms with van der Waals surface area (Å²) < 4.78 is 11.5. The smallest absolute Gasteiger partial charge is 0.408 e. The van der Waals surface area contributed by atoms with Gasteiger partial charge < -0.3 is 14.5 Å². The van der Waals surface area contributed by atoms with Gasteiger partial charge in [0.1, 0.15) is 16.9 Å². The number of hydrogen-bond donors (Lipinski definition) is 1. The van der Waals surface area contributed by atoms with Crippen molar-refractivity contribution in [3.05, 3.63) is 69.9 Å². The maximum absolute atomic E-state index is 12.7. The Morgan fingerprint density at radius 1 is 1.11 bits per heavy atom. The Labute approximate surface area is 164 Å². The van der Waals surface area contributed by atoms with Gasteiger partial charge in [-0.3, -0.25) is 4.79 Å². The van der Waals surface area contributed by atoms with E-state index in [4.69, 9.17) is 9.15 Å². The minimum absolute atomic E-state index is 0.116. The molecule has 28 heavy (non-hydrogen) atoms. The molecule has 0 aliphatic heterocycles. The molecular weight excluding hydrogens is 354 g/mol. The zero-order valence-electron chi connectivity index (χ0n) is 16.8. The first-order valence-electron chi connectivity index (χ1n) is 9.27. The maximum atomic E-state index is 12.7. The van der Waals surface area contributed by atoms with Gasteiger partial charge in [0.25, 0.3) is 0 Å². The Balaban J connectivity index is 2.07. The van der Waals surface area contributed by atoms with Gasteiger partial charge >= 0.3 is 6.09 Å². The molecule has 0 unspecified atom stereocenters. The van der Waals surface area contributed by atoms with Crippen molar-refractivity contribution in [3.63, 3.8) is 0 Å². The summed E-state index contributed by atoms with van der Waals surface area (Å²) in [5, 5.41) is 3.32. The van der Waals surface area contributed by atoms with Crippen molar-refractivity contribution in [3.8, 4) is 11.3 Å². The van der Waals surface area contributed by atoms with Gasteiger partial charge in [0.05, 0.1) is 11.4 Å². The molecule has 0 fully saturated rings. The number of nitrogens with one attached hydrogen (secondary N) is 1. The van der Waals surface area contributed by atoms with E-state index in [1.165, 1.54) is 6.07 Å². The predicted molar refractivity (Wildman–Crippen MR) is 110 cm³/mol. The third-order valence-corrected chi connectivity index (χ3v) is 4.26. The Hall–Kier alpha value is -3.08. The van der Waals surface area contributed by atoms with Crippen molar-refractivity contribution >= 4 is 17.1 Å². The molecule has 0 bridgehead atoms. The second kappa shape index (κ2) is 7.50. The molecule has 2 aromatic carbocycles. The van der Waals surface area contributed by atoms with Crippen molar-refractivity contribution in [1.82, 2.24) is 5.32 Å². The molecule has 3 aromatic rings. The number of hydrogen-bond acceptors (Lipinski definition) is 4. The van der Waals surface area contributed by atoms with E-state index in [1.807, 2.05) is 71.0 Å². The van der Waals surface area contributed by atoms with Crippen molar-refractivity contribution in [2.45, 2.75) is 46.3 Å². The highest BCUT2D eigenvalue weighted by Crippen LogP contribution is 2.29. The summed E-state index contributed by atoms with van der Waals surface area (Å²) >= 11 is 0. The van der Waals surface area contributed by atoms with Crippen LogP contribution >= 0.6 is 0 Å². The SMILES string of the molecule is Cc1cc([C@@H](C)NC(=O)OC(C)(C)C)c2oc(-c3ccccc3)cc(=O)c2c1. The number of ether oxygens (including phenoxy) is 1. The zero-order chi connectivity index (χ0) is 20.5. The van der Waals surface area contributed by atoms with E-state index in [0.717, 1.165) is 16.7 Å². The molecule has 0 radical (unpaired) electrons. The third-order valence-electron chi connectivity index (χ3n) is 4.26. The lowest BCUT2D eigenvalue weighted by Crippen LogP contribution is -2.34. The Morgan fingerprint density at radius 3 is 2.43 bits per heavy atom. The van der Waals surface area contributed by atoms with Crippen LogP contribution in [0.4, 0.5) is 4.79 Å². The lowest BCUT2D eigenvalue weighted by Gasteiger charge is -2.22. The number of carbonyl (C=O) groups excluding carboxylic acids is 1. The van der Waals surface area contributed by atoms with Crippen LogP contribution in [0.1, 0.15) is 44.9 Å². The van der Waals surface area contributed by atoms with Gasteiger partial charge in [0, 0.05) is 17.2 Å². The average molecular weight is 379 g/mol. The molecule has 1 aromatic heterocycles. The number of alkyl carbamates (subject to hydrolysis) is 1. The van der Waals surface area contributed by atoms with Gasteiger partial charge in [-0.05, 0) is 46.2 Å². The summed E-state index contributed by atoms with van der Waals surface area (Å²) in [6, 6.07) is 14.3. The second-order valence-electron chi connectivity index (χ2n) is 7.94. The first-order chi connectivity index (χ1) is 13.1. The van der Waals surface area contributed by atoms with Crippen LogP contribution in [0.2, 0.25) is 0 Å². The van der Waals surface area contributed by atoms with E-state index in [0.29, 0.717) is 16.7 Å². The fraction of sp³-hybridized carbons (Fsp3) is 0.304. The first-order valence-corrected chi connectivity index (χ1v) is 9.27. The lowest BCUT2D eigenvalue weighted by atomic mass is 10.0. The number of rotatable bonds is 3. The van der Waals surface area contributed by atoms with Crippen molar-refractivity contribution < 1.29 is 13.9 Å². The quantitative estimate of drug-likeness (QED) is 0.666. The highest BCUT2D eigenvalue weighted by atomic mass is 16.6. The number of carbonyl (C=O) groups is 1. The van der Waals surface area contributed by atoms with Gasteiger partial charge in [-0.2, -0.15) is 0 Å². The molecule has 0 saturated carbocycles. The lowest BCUT2D eigenvalue weighted by molar-refractivity contribution is 0.0508. The number of aryl methyl sites for hydroxylation is 1. The summed E-state index contributed by atoms with van der Waals surface area (Å²) in [6.45, 7) is 9.18. The molecule has 0 saturated heterocycles. The third kappa shape index (κ3) is 4.42. The summed E-state index contributed by atoms with van der Waals surface area (Å²) in [5.74, 6) is 0.493. The molecule has 146 valence electrons. The summed E-state index contributed by atoms with van der Waals surface area (Å²) in [6.07, 6.45) is -0.517. The molecule has 0 spiro atoms. The molecule has 1 amide bonds. The average Bonchev–Trinajstić information content (AvgIpc) is 2.60. The fourth-order valence-electron chi connectivity index (χ4n) is 3.06. The second-order valence-corrected chi connectivity index (χ2v) is 7.94. The summed E-state index contributed by atoms with van der Waals surface area (Å²) in [7, 11) is 0. The largest absolute Gasteiger partial charge is 0.455 e. The van der Waals surface area contributed by atoms with Crippen LogP contribution in [0.15, 0.2) is 57.7 Å². The topological polar surface area (TPSA) is 68.5 Å².